The number of rotatable bonds is 0. The minimum Gasteiger partial charge on any atom is -0.337 e. The van der Waals surface area contributed by atoms with Crippen LogP contribution in [0.4, 0.5) is 30.7 Å². The molecule has 0 radical (unpaired) electrons. The maximum absolute atomic E-state index is 12.2. The number of hydrogen-bond acceptors (Lipinski definition) is 2. The predicted molar refractivity (Wildman–Crippen MR) is 74.8 cm³/mol. The van der Waals surface area contributed by atoms with Gasteiger partial charge in [0.05, 0.1) is 26.1 Å². The van der Waals surface area contributed by atoms with E-state index in [1.165, 1.54) is 6.92 Å². The van der Waals surface area contributed by atoms with Gasteiger partial charge in [0.25, 0.3) is 5.79 Å². The molecule has 1 heterocycles. The van der Waals surface area contributed by atoms with Gasteiger partial charge >= 0.3 is 6.18 Å². The molecule has 0 saturated carbocycles. The Labute approximate surface area is 129 Å². The number of hydrogen-bond donors (Lipinski definition) is 0. The Balaban J connectivity index is -0.0000000828. The largest absolute Gasteiger partial charge is 0.442 e. The highest BCUT2D eigenvalue weighted by molar-refractivity contribution is 4.83. The molecule has 142 valence electrons. The minimum absolute atomic E-state index is 0. The summed E-state index contributed by atoms with van der Waals surface area (Å²) in [6.07, 6.45) is -5.50. The Morgan fingerprint density at radius 1 is 0.909 bits per heavy atom. The number of ether oxygens (including phenoxy) is 2. The van der Waals surface area contributed by atoms with Crippen LogP contribution in [-0.4, -0.2) is 45.0 Å². The van der Waals surface area contributed by atoms with E-state index in [2.05, 4.69) is 9.47 Å². The van der Waals surface area contributed by atoms with Gasteiger partial charge in [-0.1, -0.05) is 14.9 Å². The SMILES string of the molecule is C.C.CC1OC(C)(C(F)(F)F)OC1C.CCF.CF.FCF. The van der Waals surface area contributed by atoms with Crippen LogP contribution in [0.2, 0.25) is 0 Å². The van der Waals surface area contributed by atoms with E-state index in [1.807, 2.05) is 0 Å². The summed E-state index contributed by atoms with van der Waals surface area (Å²) in [5.74, 6) is -2.42. The lowest BCUT2D eigenvalue weighted by molar-refractivity contribution is -0.341. The van der Waals surface area contributed by atoms with Gasteiger partial charge in [0, 0.05) is 0 Å². The lowest BCUT2D eigenvalue weighted by Crippen LogP contribution is -2.43. The first-order chi connectivity index (χ1) is 9.09. The fraction of sp³-hybridized carbons (Fsp3) is 1.00. The van der Waals surface area contributed by atoms with Crippen molar-refractivity contribution in [3.63, 3.8) is 0 Å². The Morgan fingerprint density at radius 2 is 1.09 bits per heavy atom. The first kappa shape index (κ1) is 33.1. The molecule has 2 unspecified atom stereocenters. The molecule has 1 aliphatic rings. The van der Waals surface area contributed by atoms with Crippen molar-refractivity contribution in [3.05, 3.63) is 0 Å². The van der Waals surface area contributed by atoms with Crippen LogP contribution in [0.25, 0.3) is 0 Å². The maximum Gasteiger partial charge on any atom is 0.442 e. The fourth-order valence-corrected chi connectivity index (χ4v) is 1.06. The van der Waals surface area contributed by atoms with Gasteiger partial charge in [0.15, 0.2) is 0 Å². The van der Waals surface area contributed by atoms with Crippen molar-refractivity contribution in [2.75, 3.05) is 20.8 Å². The standard InChI is InChI=1S/C7H11F3O2.C2H5F.CH2F2.CH3F.2CH4/c1-4-5(2)12-6(3,11-4)7(8,9)10;1-2-3;2-1-3;1-2;;/h4-5H,1-3H3;2H2,1H3;1H2;1H3;2*1H4. The third-order valence-corrected chi connectivity index (χ3v) is 2.00. The minimum atomic E-state index is -4.47. The van der Waals surface area contributed by atoms with Crippen molar-refractivity contribution in [1.29, 1.82) is 0 Å². The summed E-state index contributed by atoms with van der Waals surface area (Å²) in [6.45, 7) is 3.47. The average Bonchev–Trinajstić information content (AvgIpc) is 2.58. The molecule has 1 rings (SSSR count). The van der Waals surface area contributed by atoms with Crippen LogP contribution in [-0.2, 0) is 9.47 Å². The molecular formula is C13H29F7O2. The second-order valence-corrected chi connectivity index (χ2v) is 3.46. The molecule has 0 N–H and O–H groups in total. The third kappa shape index (κ3) is 13.1. The molecule has 0 aromatic carbocycles. The van der Waals surface area contributed by atoms with Crippen LogP contribution >= 0.6 is 0 Å². The van der Waals surface area contributed by atoms with Gasteiger partial charge in [-0.15, -0.1) is 0 Å². The van der Waals surface area contributed by atoms with Gasteiger partial charge in [-0.05, 0) is 27.7 Å². The molecule has 1 saturated heterocycles. The summed E-state index contributed by atoms with van der Waals surface area (Å²) < 4.78 is 85.1. The zero-order chi connectivity index (χ0) is 17.0. The van der Waals surface area contributed by atoms with Crippen LogP contribution < -0.4 is 0 Å². The van der Waals surface area contributed by atoms with E-state index in [4.69, 9.17) is 0 Å². The fourth-order valence-electron chi connectivity index (χ4n) is 1.06. The summed E-state index contributed by atoms with van der Waals surface area (Å²) in [5, 5.41) is 0. The Bertz CT molecular complexity index is 201. The second kappa shape index (κ2) is 16.8. The molecule has 0 amide bonds. The highest BCUT2D eigenvalue weighted by Gasteiger charge is 2.59. The molecule has 0 aromatic rings. The highest BCUT2D eigenvalue weighted by Crippen LogP contribution is 2.41. The highest BCUT2D eigenvalue weighted by atomic mass is 19.4. The van der Waals surface area contributed by atoms with Gasteiger partial charge in [0.1, 0.15) is 0 Å². The van der Waals surface area contributed by atoms with Crippen molar-refractivity contribution in [3.8, 4) is 0 Å². The van der Waals surface area contributed by atoms with Gasteiger partial charge in [-0.3, -0.25) is 8.78 Å². The van der Waals surface area contributed by atoms with E-state index in [9.17, 15) is 30.7 Å². The lowest BCUT2D eigenvalue weighted by atomic mass is 10.3. The first-order valence-electron chi connectivity index (χ1n) is 5.57. The van der Waals surface area contributed by atoms with Crippen LogP contribution in [0.5, 0.6) is 0 Å². The van der Waals surface area contributed by atoms with E-state index in [0.29, 0.717) is 7.18 Å². The predicted octanol–water partition coefficient (Wildman–Crippen LogP) is 5.81. The van der Waals surface area contributed by atoms with Crippen molar-refractivity contribution in [2.45, 2.75) is 66.7 Å². The maximum atomic E-state index is 12.2. The monoisotopic (exact) mass is 350 g/mol. The Morgan fingerprint density at radius 3 is 1.18 bits per heavy atom. The van der Waals surface area contributed by atoms with Gasteiger partial charge in [-0.25, -0.2) is 8.78 Å². The zero-order valence-corrected chi connectivity index (χ0v) is 12.0. The molecular weight excluding hydrogens is 321 g/mol. The van der Waals surface area contributed by atoms with Gasteiger partial charge < -0.3 is 9.47 Å². The van der Waals surface area contributed by atoms with E-state index >= 15 is 0 Å². The second-order valence-electron chi connectivity index (χ2n) is 3.46. The molecule has 0 aliphatic carbocycles. The molecule has 1 aliphatic heterocycles. The number of halogens is 7. The molecule has 1 fully saturated rings. The smallest absolute Gasteiger partial charge is 0.337 e. The van der Waals surface area contributed by atoms with Gasteiger partial charge in [-0.2, -0.15) is 13.2 Å². The van der Waals surface area contributed by atoms with E-state index in [-0.39, 0.29) is 21.5 Å². The van der Waals surface area contributed by atoms with Crippen LogP contribution in [0.1, 0.15) is 42.5 Å². The normalized spacial score (nSPS) is 25.6. The van der Waals surface area contributed by atoms with E-state index in [0.717, 1.165) is 6.92 Å². The van der Waals surface area contributed by atoms with Crippen molar-refractivity contribution >= 4 is 0 Å². The summed E-state index contributed by atoms with van der Waals surface area (Å²) in [5.41, 5.74) is 0. The van der Waals surface area contributed by atoms with E-state index in [1.54, 1.807) is 13.8 Å². The quantitative estimate of drug-likeness (QED) is 0.514. The molecule has 22 heavy (non-hydrogen) atoms. The number of alkyl halides is 7. The van der Waals surface area contributed by atoms with Crippen LogP contribution in [0.15, 0.2) is 0 Å². The zero-order valence-electron chi connectivity index (χ0n) is 12.0. The molecule has 0 bridgehead atoms. The summed E-state index contributed by atoms with van der Waals surface area (Å²) >= 11 is 0. The lowest BCUT2D eigenvalue weighted by Gasteiger charge is -2.25. The third-order valence-electron chi connectivity index (χ3n) is 2.00. The van der Waals surface area contributed by atoms with Crippen molar-refractivity contribution < 1.29 is 40.2 Å². The Hall–Kier alpha value is -0.570. The molecule has 2 atom stereocenters. The Kier molecular flexibility index (Phi) is 25.3. The molecule has 2 nitrogen and oxygen atoms in total. The van der Waals surface area contributed by atoms with Crippen molar-refractivity contribution in [1.82, 2.24) is 0 Å². The van der Waals surface area contributed by atoms with E-state index < -0.39 is 31.1 Å². The summed E-state index contributed by atoms with van der Waals surface area (Å²) in [7, 11) is 0.500. The van der Waals surface area contributed by atoms with Gasteiger partial charge in [0.2, 0.25) is 6.93 Å². The summed E-state index contributed by atoms with van der Waals surface area (Å²) in [4.78, 5) is 0. The van der Waals surface area contributed by atoms with Crippen molar-refractivity contribution in [2.24, 2.45) is 0 Å². The molecule has 0 spiro atoms. The molecule has 9 heteroatoms. The summed E-state index contributed by atoms with van der Waals surface area (Å²) in [6, 6.07) is 0. The van der Waals surface area contributed by atoms with Crippen LogP contribution in [0.3, 0.4) is 0 Å². The average molecular weight is 350 g/mol. The van der Waals surface area contributed by atoms with Crippen LogP contribution in [0, 0.1) is 0 Å². The topological polar surface area (TPSA) is 18.5 Å². The molecule has 0 aromatic heterocycles. The first-order valence-corrected chi connectivity index (χ1v) is 5.57.